The Hall–Kier alpha value is -3.42. The van der Waals surface area contributed by atoms with Crippen LogP contribution < -0.4 is 29.7 Å². The highest BCUT2D eigenvalue weighted by Gasteiger charge is 2.18. The molecular formula is C19H23N3O5. The van der Waals surface area contributed by atoms with Gasteiger partial charge in [-0.3, -0.25) is 9.59 Å². The van der Waals surface area contributed by atoms with Crippen LogP contribution in [0.25, 0.3) is 0 Å². The average Bonchev–Trinajstić information content (AvgIpc) is 2.67. The molecule has 144 valence electrons. The summed E-state index contributed by atoms with van der Waals surface area (Å²) in [4.78, 5) is 26.3. The molecule has 2 aromatic carbocycles. The first-order valence-electron chi connectivity index (χ1n) is 8.09. The Morgan fingerprint density at radius 3 is 1.67 bits per heavy atom. The highest BCUT2D eigenvalue weighted by Crippen LogP contribution is 2.39. The van der Waals surface area contributed by atoms with E-state index in [9.17, 15) is 9.59 Å². The van der Waals surface area contributed by atoms with E-state index in [2.05, 4.69) is 10.6 Å². The number of rotatable bonds is 6. The summed E-state index contributed by atoms with van der Waals surface area (Å²) in [6, 6.07) is 10.2. The summed E-state index contributed by atoms with van der Waals surface area (Å²) in [5.41, 5.74) is 1.84. The average molecular weight is 373 g/mol. The lowest BCUT2D eigenvalue weighted by atomic mass is 10.2. The van der Waals surface area contributed by atoms with Gasteiger partial charge in [-0.1, -0.05) is 0 Å². The van der Waals surface area contributed by atoms with E-state index in [1.807, 2.05) is 31.1 Å². The van der Waals surface area contributed by atoms with Crippen molar-refractivity contribution in [2.24, 2.45) is 0 Å². The number of carbonyl (C=O) groups is 2. The third-order valence-electron chi connectivity index (χ3n) is 3.77. The molecule has 2 N–H and O–H groups in total. The predicted octanol–water partition coefficient (Wildman–Crippen LogP) is 2.36. The highest BCUT2D eigenvalue weighted by atomic mass is 16.5. The minimum atomic E-state index is -0.819. The molecule has 27 heavy (non-hydrogen) atoms. The predicted molar refractivity (Wildman–Crippen MR) is 104 cm³/mol. The molecule has 0 radical (unpaired) electrons. The van der Waals surface area contributed by atoms with E-state index in [0.29, 0.717) is 28.6 Å². The van der Waals surface area contributed by atoms with Crippen LogP contribution in [0.15, 0.2) is 36.4 Å². The monoisotopic (exact) mass is 373 g/mol. The highest BCUT2D eigenvalue weighted by molar-refractivity contribution is 6.43. The minimum Gasteiger partial charge on any atom is -0.493 e. The summed E-state index contributed by atoms with van der Waals surface area (Å²) < 4.78 is 15.7. The van der Waals surface area contributed by atoms with Crippen molar-refractivity contribution in [2.45, 2.75) is 0 Å². The smallest absolute Gasteiger partial charge is 0.314 e. The fraction of sp³-hybridized carbons (Fsp3) is 0.263. The lowest BCUT2D eigenvalue weighted by Crippen LogP contribution is -2.29. The Balaban J connectivity index is 2.10. The van der Waals surface area contributed by atoms with Crippen molar-refractivity contribution in [1.29, 1.82) is 0 Å². The first-order chi connectivity index (χ1) is 12.9. The second-order valence-corrected chi connectivity index (χ2v) is 5.76. The molecule has 2 rings (SSSR count). The van der Waals surface area contributed by atoms with Gasteiger partial charge in [0.2, 0.25) is 5.75 Å². The second-order valence-electron chi connectivity index (χ2n) is 5.76. The van der Waals surface area contributed by atoms with Crippen molar-refractivity contribution in [1.82, 2.24) is 0 Å². The standard InChI is InChI=1S/C19H23N3O5/c1-22(2)14-8-6-12(7-9-14)20-18(23)19(24)21-13-10-15(25-3)17(27-5)16(11-13)26-4/h6-11H,1-5H3,(H,20,23)(H,21,24). The van der Waals surface area contributed by atoms with Crippen molar-refractivity contribution in [3.63, 3.8) is 0 Å². The molecule has 0 saturated carbocycles. The zero-order chi connectivity index (χ0) is 20.0. The molecule has 0 unspecified atom stereocenters. The summed E-state index contributed by atoms with van der Waals surface area (Å²) in [5, 5.41) is 5.07. The number of nitrogens with zero attached hydrogens (tertiary/aromatic N) is 1. The third-order valence-corrected chi connectivity index (χ3v) is 3.77. The van der Waals surface area contributed by atoms with Gasteiger partial charge in [-0.05, 0) is 24.3 Å². The molecule has 2 aromatic rings. The van der Waals surface area contributed by atoms with E-state index in [0.717, 1.165) is 5.69 Å². The van der Waals surface area contributed by atoms with Crippen molar-refractivity contribution in [3.8, 4) is 17.2 Å². The van der Waals surface area contributed by atoms with Crippen LogP contribution in [-0.4, -0.2) is 47.2 Å². The molecule has 0 bridgehead atoms. The van der Waals surface area contributed by atoms with Crippen LogP contribution in [0.4, 0.5) is 17.1 Å². The number of benzene rings is 2. The van der Waals surface area contributed by atoms with Crippen molar-refractivity contribution >= 4 is 28.9 Å². The molecule has 0 aromatic heterocycles. The van der Waals surface area contributed by atoms with Crippen LogP contribution in [0, 0.1) is 0 Å². The normalized spacial score (nSPS) is 9.96. The van der Waals surface area contributed by atoms with Gasteiger partial charge in [0.05, 0.1) is 21.3 Å². The maximum absolute atomic E-state index is 12.2. The lowest BCUT2D eigenvalue weighted by Gasteiger charge is -2.15. The topological polar surface area (TPSA) is 89.1 Å². The summed E-state index contributed by atoms with van der Waals surface area (Å²) in [6.07, 6.45) is 0. The summed E-state index contributed by atoms with van der Waals surface area (Å²) in [7, 11) is 8.24. The lowest BCUT2D eigenvalue weighted by molar-refractivity contribution is -0.133. The van der Waals surface area contributed by atoms with E-state index >= 15 is 0 Å². The Kier molecular flexibility index (Phi) is 6.48. The fourth-order valence-corrected chi connectivity index (χ4v) is 2.37. The van der Waals surface area contributed by atoms with Crippen LogP contribution in [0.1, 0.15) is 0 Å². The Morgan fingerprint density at radius 2 is 1.26 bits per heavy atom. The van der Waals surface area contributed by atoms with Gasteiger partial charge in [-0.15, -0.1) is 0 Å². The van der Waals surface area contributed by atoms with Gasteiger partial charge in [0.1, 0.15) is 0 Å². The first-order valence-corrected chi connectivity index (χ1v) is 8.09. The Labute approximate surface area is 158 Å². The van der Waals surface area contributed by atoms with Crippen LogP contribution in [0.2, 0.25) is 0 Å². The number of hydrogen-bond acceptors (Lipinski definition) is 6. The SMILES string of the molecule is COc1cc(NC(=O)C(=O)Nc2ccc(N(C)C)cc2)cc(OC)c1OC. The molecule has 0 fully saturated rings. The van der Waals surface area contributed by atoms with Gasteiger partial charge >= 0.3 is 11.8 Å². The Morgan fingerprint density at radius 1 is 0.778 bits per heavy atom. The van der Waals surface area contributed by atoms with Gasteiger partial charge in [0.25, 0.3) is 0 Å². The van der Waals surface area contributed by atoms with E-state index < -0.39 is 11.8 Å². The maximum Gasteiger partial charge on any atom is 0.314 e. The summed E-state index contributed by atoms with van der Waals surface area (Å²) in [5.74, 6) is -0.482. The molecule has 8 heteroatoms. The minimum absolute atomic E-state index is 0.340. The van der Waals surface area contributed by atoms with Gasteiger partial charge < -0.3 is 29.7 Å². The molecule has 0 aliphatic heterocycles. The van der Waals surface area contributed by atoms with E-state index in [1.165, 1.54) is 21.3 Å². The number of nitrogens with one attached hydrogen (secondary N) is 2. The maximum atomic E-state index is 12.2. The van der Waals surface area contributed by atoms with Crippen molar-refractivity contribution < 1.29 is 23.8 Å². The zero-order valence-corrected chi connectivity index (χ0v) is 16.0. The number of amides is 2. The third kappa shape index (κ3) is 4.81. The van der Waals surface area contributed by atoms with Gasteiger partial charge in [0, 0.05) is 43.3 Å². The second kappa shape index (κ2) is 8.79. The molecule has 0 saturated heterocycles. The number of hydrogen-bond donors (Lipinski definition) is 2. The molecule has 0 aliphatic rings. The fourth-order valence-electron chi connectivity index (χ4n) is 2.37. The van der Waals surface area contributed by atoms with E-state index in [4.69, 9.17) is 14.2 Å². The number of carbonyl (C=O) groups excluding carboxylic acids is 2. The number of methoxy groups -OCH3 is 3. The molecule has 0 atom stereocenters. The van der Waals surface area contributed by atoms with Crippen LogP contribution >= 0.6 is 0 Å². The quantitative estimate of drug-likeness (QED) is 0.756. The van der Waals surface area contributed by atoms with Crippen LogP contribution in [-0.2, 0) is 9.59 Å². The van der Waals surface area contributed by atoms with E-state index in [-0.39, 0.29) is 0 Å². The van der Waals surface area contributed by atoms with Crippen molar-refractivity contribution in [3.05, 3.63) is 36.4 Å². The largest absolute Gasteiger partial charge is 0.493 e. The first kappa shape index (κ1) is 19.9. The van der Waals surface area contributed by atoms with Gasteiger partial charge in [0.15, 0.2) is 11.5 Å². The molecule has 0 heterocycles. The molecule has 8 nitrogen and oxygen atoms in total. The molecule has 2 amide bonds. The van der Waals surface area contributed by atoms with E-state index in [1.54, 1.807) is 24.3 Å². The molecule has 0 aliphatic carbocycles. The molecule has 0 spiro atoms. The van der Waals surface area contributed by atoms with Crippen LogP contribution in [0.5, 0.6) is 17.2 Å². The zero-order valence-electron chi connectivity index (χ0n) is 16.0. The van der Waals surface area contributed by atoms with Crippen LogP contribution in [0.3, 0.4) is 0 Å². The summed E-state index contributed by atoms with van der Waals surface area (Å²) >= 11 is 0. The summed E-state index contributed by atoms with van der Waals surface area (Å²) in [6.45, 7) is 0. The van der Waals surface area contributed by atoms with Crippen molar-refractivity contribution in [2.75, 3.05) is 51.0 Å². The number of anilines is 3. The molecular weight excluding hydrogens is 350 g/mol. The van der Waals surface area contributed by atoms with Gasteiger partial charge in [-0.2, -0.15) is 0 Å². The number of ether oxygens (including phenoxy) is 3. The Bertz CT molecular complexity index is 794. The van der Waals surface area contributed by atoms with Gasteiger partial charge in [-0.25, -0.2) is 0 Å².